The highest BCUT2D eigenvalue weighted by molar-refractivity contribution is 14.1. The molecule has 108 valence electrons. The number of carbonyl (C=O) groups excluding carboxylic acids is 1. The lowest BCUT2D eigenvalue weighted by molar-refractivity contribution is 0.0955. The molecule has 0 saturated heterocycles. The summed E-state index contributed by atoms with van der Waals surface area (Å²) in [5.74, 6) is 0.553. The fourth-order valence-corrected chi connectivity index (χ4v) is 2.38. The molecule has 21 heavy (non-hydrogen) atoms. The lowest BCUT2D eigenvalue weighted by atomic mass is 10.2. The third-order valence-corrected chi connectivity index (χ3v) is 3.51. The average Bonchev–Trinajstić information content (AvgIpc) is 2.47. The minimum atomic E-state index is -0.313. The zero-order valence-corrected chi connectivity index (χ0v) is 13.4. The van der Waals surface area contributed by atoms with E-state index < -0.39 is 0 Å². The number of nitrogens with zero attached hydrogens (tertiary/aromatic N) is 1. The standard InChI is InChI=1S/C15H13IN2O3/c1-21-14-6-5-11(8-13(14)16)15(20)18-17-9-10-3-2-4-12(19)7-10/h2-9,19H,1H3,(H,18,20). The van der Waals surface area contributed by atoms with Crippen LogP contribution in [0.5, 0.6) is 11.5 Å². The molecule has 0 spiro atoms. The van der Waals surface area contributed by atoms with E-state index in [1.165, 1.54) is 6.21 Å². The van der Waals surface area contributed by atoms with Crippen molar-refractivity contribution in [3.63, 3.8) is 0 Å². The molecule has 0 aliphatic heterocycles. The largest absolute Gasteiger partial charge is 0.508 e. The van der Waals surface area contributed by atoms with E-state index >= 15 is 0 Å². The molecule has 0 atom stereocenters. The van der Waals surface area contributed by atoms with Crippen LogP contribution in [0.25, 0.3) is 0 Å². The van der Waals surface area contributed by atoms with E-state index in [9.17, 15) is 9.90 Å². The fraction of sp³-hybridized carbons (Fsp3) is 0.0667. The third kappa shape index (κ3) is 4.19. The van der Waals surface area contributed by atoms with Crippen molar-refractivity contribution in [2.45, 2.75) is 0 Å². The predicted octanol–water partition coefficient (Wildman–Crippen LogP) is 2.77. The van der Waals surface area contributed by atoms with E-state index in [0.717, 1.165) is 9.32 Å². The number of hydrogen-bond donors (Lipinski definition) is 2. The highest BCUT2D eigenvalue weighted by atomic mass is 127. The first-order chi connectivity index (χ1) is 10.1. The SMILES string of the molecule is COc1ccc(C(=O)NN=Cc2cccc(O)c2)cc1I. The Morgan fingerprint density at radius 1 is 1.33 bits per heavy atom. The van der Waals surface area contributed by atoms with Crippen LogP contribution in [0, 0.1) is 3.57 Å². The number of phenolic OH excluding ortho intramolecular Hbond substituents is 1. The maximum Gasteiger partial charge on any atom is 0.271 e. The molecule has 0 heterocycles. The first-order valence-electron chi connectivity index (χ1n) is 6.06. The maximum atomic E-state index is 11.9. The van der Waals surface area contributed by atoms with Crippen molar-refractivity contribution in [2.24, 2.45) is 5.10 Å². The minimum absolute atomic E-state index is 0.148. The summed E-state index contributed by atoms with van der Waals surface area (Å²) in [7, 11) is 1.58. The summed E-state index contributed by atoms with van der Waals surface area (Å²) in [6.07, 6.45) is 1.46. The lowest BCUT2D eigenvalue weighted by Crippen LogP contribution is -2.17. The normalized spacial score (nSPS) is 10.6. The number of benzene rings is 2. The molecule has 0 aliphatic carbocycles. The van der Waals surface area contributed by atoms with Gasteiger partial charge >= 0.3 is 0 Å². The van der Waals surface area contributed by atoms with Gasteiger partial charge in [0.2, 0.25) is 0 Å². The summed E-state index contributed by atoms with van der Waals surface area (Å²) in [4.78, 5) is 11.9. The summed E-state index contributed by atoms with van der Waals surface area (Å²) < 4.78 is 5.98. The van der Waals surface area contributed by atoms with E-state index in [-0.39, 0.29) is 11.7 Å². The lowest BCUT2D eigenvalue weighted by Gasteiger charge is -2.05. The smallest absolute Gasteiger partial charge is 0.271 e. The molecular weight excluding hydrogens is 383 g/mol. The number of rotatable bonds is 4. The van der Waals surface area contributed by atoms with Gasteiger partial charge in [0.25, 0.3) is 5.91 Å². The van der Waals surface area contributed by atoms with Crippen LogP contribution < -0.4 is 10.2 Å². The second kappa shape index (κ2) is 7.07. The molecule has 2 N–H and O–H groups in total. The Balaban J connectivity index is 2.03. The topological polar surface area (TPSA) is 70.9 Å². The molecular formula is C15H13IN2O3. The Morgan fingerprint density at radius 3 is 2.81 bits per heavy atom. The Labute approximate surface area is 135 Å². The summed E-state index contributed by atoms with van der Waals surface area (Å²) in [6, 6.07) is 11.7. The summed E-state index contributed by atoms with van der Waals surface area (Å²) >= 11 is 2.10. The first kappa shape index (κ1) is 15.3. The van der Waals surface area contributed by atoms with E-state index in [1.807, 2.05) is 0 Å². The highest BCUT2D eigenvalue weighted by Gasteiger charge is 2.07. The van der Waals surface area contributed by atoms with Crippen molar-refractivity contribution in [3.8, 4) is 11.5 Å². The number of carbonyl (C=O) groups is 1. The number of phenols is 1. The number of hydrogen-bond acceptors (Lipinski definition) is 4. The molecule has 6 heteroatoms. The van der Waals surface area contributed by atoms with Gasteiger partial charge in [-0.1, -0.05) is 12.1 Å². The van der Waals surface area contributed by atoms with Gasteiger partial charge in [-0.25, -0.2) is 5.43 Å². The van der Waals surface area contributed by atoms with Gasteiger partial charge in [-0.15, -0.1) is 0 Å². The minimum Gasteiger partial charge on any atom is -0.508 e. The molecule has 2 rings (SSSR count). The maximum absolute atomic E-state index is 11.9. The van der Waals surface area contributed by atoms with Crippen LogP contribution in [0.3, 0.4) is 0 Å². The van der Waals surface area contributed by atoms with Gasteiger partial charge in [-0.3, -0.25) is 4.79 Å². The fourth-order valence-electron chi connectivity index (χ4n) is 1.64. The van der Waals surface area contributed by atoms with Crippen LogP contribution in [0.15, 0.2) is 47.6 Å². The van der Waals surface area contributed by atoms with E-state index in [2.05, 4.69) is 33.1 Å². The number of amides is 1. The molecule has 0 radical (unpaired) electrons. The molecule has 0 saturated carbocycles. The number of hydrazone groups is 1. The van der Waals surface area contributed by atoms with E-state index in [1.54, 1.807) is 49.6 Å². The van der Waals surface area contributed by atoms with Gasteiger partial charge in [-0.05, 0) is 58.5 Å². The highest BCUT2D eigenvalue weighted by Crippen LogP contribution is 2.21. The molecule has 0 aromatic heterocycles. The predicted molar refractivity (Wildman–Crippen MR) is 88.9 cm³/mol. The Kier molecular flexibility index (Phi) is 5.15. The van der Waals surface area contributed by atoms with E-state index in [4.69, 9.17) is 4.74 Å². The van der Waals surface area contributed by atoms with Crippen molar-refractivity contribution in [2.75, 3.05) is 7.11 Å². The molecule has 0 bridgehead atoms. The van der Waals surface area contributed by atoms with Gasteiger partial charge in [0, 0.05) is 5.56 Å². The number of methoxy groups -OCH3 is 1. The van der Waals surface area contributed by atoms with Crippen molar-refractivity contribution in [1.82, 2.24) is 5.43 Å². The monoisotopic (exact) mass is 396 g/mol. The Hall–Kier alpha value is -2.09. The number of nitrogens with one attached hydrogen (secondary N) is 1. The number of ether oxygens (including phenoxy) is 1. The molecule has 2 aromatic carbocycles. The van der Waals surface area contributed by atoms with Crippen LogP contribution in [0.2, 0.25) is 0 Å². The number of aromatic hydroxyl groups is 1. The summed E-state index contributed by atoms with van der Waals surface area (Å²) in [5.41, 5.74) is 3.62. The molecule has 5 nitrogen and oxygen atoms in total. The Morgan fingerprint density at radius 2 is 2.14 bits per heavy atom. The molecule has 0 unspecified atom stereocenters. The van der Waals surface area contributed by atoms with Crippen LogP contribution in [-0.2, 0) is 0 Å². The summed E-state index contributed by atoms with van der Waals surface area (Å²) in [6.45, 7) is 0. The Bertz CT molecular complexity index is 686. The second-order valence-electron chi connectivity index (χ2n) is 4.14. The average molecular weight is 396 g/mol. The van der Waals surface area contributed by atoms with Crippen LogP contribution >= 0.6 is 22.6 Å². The van der Waals surface area contributed by atoms with Gasteiger partial charge in [0.05, 0.1) is 16.9 Å². The van der Waals surface area contributed by atoms with Gasteiger partial charge in [0.1, 0.15) is 11.5 Å². The molecule has 0 aliphatic rings. The van der Waals surface area contributed by atoms with Gasteiger partial charge in [0.15, 0.2) is 0 Å². The van der Waals surface area contributed by atoms with Gasteiger partial charge < -0.3 is 9.84 Å². The quantitative estimate of drug-likeness (QED) is 0.475. The van der Waals surface area contributed by atoms with Crippen LogP contribution in [0.1, 0.15) is 15.9 Å². The van der Waals surface area contributed by atoms with Crippen molar-refractivity contribution < 1.29 is 14.6 Å². The van der Waals surface area contributed by atoms with E-state index in [0.29, 0.717) is 11.1 Å². The molecule has 2 aromatic rings. The zero-order chi connectivity index (χ0) is 15.2. The van der Waals surface area contributed by atoms with Crippen LogP contribution in [0.4, 0.5) is 0 Å². The first-order valence-corrected chi connectivity index (χ1v) is 7.14. The van der Waals surface area contributed by atoms with Crippen molar-refractivity contribution in [1.29, 1.82) is 0 Å². The summed E-state index contributed by atoms with van der Waals surface area (Å²) in [5, 5.41) is 13.2. The zero-order valence-electron chi connectivity index (χ0n) is 11.2. The second-order valence-corrected chi connectivity index (χ2v) is 5.31. The van der Waals surface area contributed by atoms with Crippen molar-refractivity contribution in [3.05, 3.63) is 57.2 Å². The van der Waals surface area contributed by atoms with Crippen molar-refractivity contribution >= 4 is 34.7 Å². The third-order valence-electron chi connectivity index (χ3n) is 2.66. The van der Waals surface area contributed by atoms with Gasteiger partial charge in [-0.2, -0.15) is 5.10 Å². The van der Waals surface area contributed by atoms with Crippen LogP contribution in [-0.4, -0.2) is 24.3 Å². The number of halogens is 1. The molecule has 1 amide bonds. The molecule has 0 fully saturated rings.